The Kier molecular flexibility index (Phi) is 4.63. The summed E-state index contributed by atoms with van der Waals surface area (Å²) < 4.78 is 5.75. The highest BCUT2D eigenvalue weighted by molar-refractivity contribution is 9.08. The predicted octanol–water partition coefficient (Wildman–Crippen LogP) is 5.27. The van der Waals surface area contributed by atoms with Gasteiger partial charge < -0.3 is 4.74 Å². The first-order chi connectivity index (χ1) is 8.31. The van der Waals surface area contributed by atoms with Crippen LogP contribution < -0.4 is 4.74 Å². The quantitative estimate of drug-likeness (QED) is 0.679. The van der Waals surface area contributed by atoms with E-state index in [1.165, 1.54) is 11.1 Å². The molecule has 88 valence electrons. The lowest BCUT2D eigenvalue weighted by atomic mass is 10.2. The van der Waals surface area contributed by atoms with E-state index < -0.39 is 0 Å². The van der Waals surface area contributed by atoms with E-state index in [1.54, 1.807) is 0 Å². The molecule has 2 rings (SSSR count). The van der Waals surface area contributed by atoms with Crippen LogP contribution >= 0.6 is 31.9 Å². The number of hydrogen-bond acceptors (Lipinski definition) is 1. The number of halogens is 2. The number of rotatable bonds is 4. The molecule has 3 heteroatoms. The fourth-order valence-corrected chi connectivity index (χ4v) is 2.18. The Morgan fingerprint density at radius 1 is 0.647 bits per heavy atom. The summed E-state index contributed by atoms with van der Waals surface area (Å²) in [6, 6.07) is 16.1. The van der Waals surface area contributed by atoms with E-state index in [2.05, 4.69) is 56.1 Å². The van der Waals surface area contributed by atoms with Gasteiger partial charge in [0, 0.05) is 10.7 Å². The lowest BCUT2D eigenvalue weighted by Crippen LogP contribution is -1.85. The van der Waals surface area contributed by atoms with Gasteiger partial charge in [-0.1, -0.05) is 56.1 Å². The zero-order valence-electron chi connectivity index (χ0n) is 9.20. The molecule has 0 aliphatic rings. The van der Waals surface area contributed by atoms with Gasteiger partial charge in [-0.05, 0) is 35.4 Å². The Morgan fingerprint density at radius 3 is 1.29 bits per heavy atom. The fraction of sp³-hybridized carbons (Fsp3) is 0.143. The second kappa shape index (κ2) is 6.22. The Morgan fingerprint density at radius 2 is 1.00 bits per heavy atom. The Labute approximate surface area is 118 Å². The molecule has 0 spiro atoms. The maximum atomic E-state index is 5.75. The van der Waals surface area contributed by atoms with E-state index >= 15 is 0 Å². The molecule has 0 amide bonds. The zero-order valence-corrected chi connectivity index (χ0v) is 12.4. The third-order valence-corrected chi connectivity index (χ3v) is 3.69. The summed E-state index contributed by atoms with van der Waals surface area (Å²) >= 11 is 6.84. The lowest BCUT2D eigenvalue weighted by molar-refractivity contribution is 0.482. The van der Waals surface area contributed by atoms with E-state index in [1.807, 2.05) is 24.3 Å². The van der Waals surface area contributed by atoms with Crippen LogP contribution in [0.4, 0.5) is 0 Å². The van der Waals surface area contributed by atoms with Crippen LogP contribution in [0.1, 0.15) is 11.1 Å². The van der Waals surface area contributed by atoms with Crippen LogP contribution in [-0.2, 0) is 10.7 Å². The van der Waals surface area contributed by atoms with Gasteiger partial charge in [0.25, 0.3) is 0 Å². The molecule has 1 nitrogen and oxygen atoms in total. The van der Waals surface area contributed by atoms with E-state index in [0.717, 1.165) is 22.2 Å². The second-order valence-corrected chi connectivity index (χ2v) is 4.78. The molecule has 2 aromatic rings. The molecule has 2 aromatic carbocycles. The Bertz CT molecular complexity index is 417. The van der Waals surface area contributed by atoms with E-state index in [0.29, 0.717) is 0 Å². The average Bonchev–Trinajstić information content (AvgIpc) is 2.40. The summed E-state index contributed by atoms with van der Waals surface area (Å²) in [5.41, 5.74) is 2.49. The van der Waals surface area contributed by atoms with Crippen molar-refractivity contribution in [3.63, 3.8) is 0 Å². The number of hydrogen-bond donors (Lipinski definition) is 0. The van der Waals surface area contributed by atoms with Crippen molar-refractivity contribution in [3.8, 4) is 11.5 Å². The molecule has 0 saturated carbocycles. The molecule has 0 bridgehead atoms. The predicted molar refractivity (Wildman–Crippen MR) is 78.2 cm³/mol. The molecule has 0 radical (unpaired) electrons. The van der Waals surface area contributed by atoms with Gasteiger partial charge in [0.05, 0.1) is 0 Å². The number of ether oxygens (including phenoxy) is 1. The summed E-state index contributed by atoms with van der Waals surface area (Å²) in [5.74, 6) is 1.72. The molecule has 0 aromatic heterocycles. The molecule has 0 aliphatic carbocycles. The van der Waals surface area contributed by atoms with Gasteiger partial charge in [0.2, 0.25) is 0 Å². The van der Waals surface area contributed by atoms with Gasteiger partial charge in [-0.3, -0.25) is 0 Å². The average molecular weight is 356 g/mol. The fourth-order valence-electron chi connectivity index (χ4n) is 1.43. The normalized spacial score (nSPS) is 10.2. The van der Waals surface area contributed by atoms with Crippen LogP contribution in [0.5, 0.6) is 11.5 Å². The van der Waals surface area contributed by atoms with Crippen LogP contribution in [0.15, 0.2) is 48.5 Å². The van der Waals surface area contributed by atoms with Gasteiger partial charge in [-0.2, -0.15) is 0 Å². The first-order valence-electron chi connectivity index (χ1n) is 5.29. The van der Waals surface area contributed by atoms with Gasteiger partial charge in [-0.15, -0.1) is 0 Å². The van der Waals surface area contributed by atoms with Crippen molar-refractivity contribution in [2.75, 3.05) is 0 Å². The Balaban J connectivity index is 2.08. The van der Waals surface area contributed by atoms with E-state index in [9.17, 15) is 0 Å². The summed E-state index contributed by atoms with van der Waals surface area (Å²) in [6.07, 6.45) is 0. The molecule has 0 atom stereocenters. The molecule has 0 saturated heterocycles. The van der Waals surface area contributed by atoms with Gasteiger partial charge in [0.15, 0.2) is 0 Å². The third kappa shape index (κ3) is 3.58. The molecule has 17 heavy (non-hydrogen) atoms. The summed E-state index contributed by atoms with van der Waals surface area (Å²) in [7, 11) is 0. The minimum Gasteiger partial charge on any atom is -0.457 e. The van der Waals surface area contributed by atoms with Crippen molar-refractivity contribution in [2.24, 2.45) is 0 Å². The maximum Gasteiger partial charge on any atom is 0.127 e. The largest absolute Gasteiger partial charge is 0.457 e. The monoisotopic (exact) mass is 354 g/mol. The van der Waals surface area contributed by atoms with Crippen molar-refractivity contribution in [1.82, 2.24) is 0 Å². The standard InChI is InChI=1S/C14H12Br2O/c15-9-11-1-5-13(6-2-11)17-14-7-3-12(10-16)4-8-14/h1-8H,9-10H2. The lowest BCUT2D eigenvalue weighted by Gasteiger charge is -2.06. The van der Waals surface area contributed by atoms with Crippen LogP contribution in [0.2, 0.25) is 0 Å². The smallest absolute Gasteiger partial charge is 0.127 e. The molecular weight excluding hydrogens is 344 g/mol. The zero-order chi connectivity index (χ0) is 12.1. The first kappa shape index (κ1) is 12.7. The molecular formula is C14H12Br2O. The van der Waals surface area contributed by atoms with Crippen LogP contribution in [0.3, 0.4) is 0 Å². The van der Waals surface area contributed by atoms with Crippen molar-refractivity contribution < 1.29 is 4.74 Å². The minimum absolute atomic E-state index is 0.862. The SMILES string of the molecule is BrCc1ccc(Oc2ccc(CBr)cc2)cc1. The van der Waals surface area contributed by atoms with Crippen LogP contribution in [0.25, 0.3) is 0 Å². The highest BCUT2D eigenvalue weighted by Crippen LogP contribution is 2.23. The molecule has 0 fully saturated rings. The number of benzene rings is 2. The third-order valence-electron chi connectivity index (χ3n) is 2.39. The van der Waals surface area contributed by atoms with Crippen molar-refractivity contribution in [3.05, 3.63) is 59.7 Å². The Hall–Kier alpha value is -0.800. The second-order valence-electron chi connectivity index (χ2n) is 3.66. The molecule has 0 unspecified atom stereocenters. The van der Waals surface area contributed by atoms with E-state index in [4.69, 9.17) is 4.74 Å². The molecule has 0 N–H and O–H groups in total. The maximum absolute atomic E-state index is 5.75. The molecule has 0 heterocycles. The van der Waals surface area contributed by atoms with Crippen LogP contribution in [-0.4, -0.2) is 0 Å². The summed E-state index contributed by atoms with van der Waals surface area (Å²) in [6.45, 7) is 0. The van der Waals surface area contributed by atoms with Gasteiger partial charge in [-0.25, -0.2) is 0 Å². The van der Waals surface area contributed by atoms with Gasteiger partial charge >= 0.3 is 0 Å². The highest BCUT2D eigenvalue weighted by Gasteiger charge is 1.98. The first-order valence-corrected chi connectivity index (χ1v) is 7.54. The van der Waals surface area contributed by atoms with Crippen molar-refractivity contribution in [1.29, 1.82) is 0 Å². The summed E-state index contributed by atoms with van der Waals surface area (Å²) in [5, 5.41) is 1.74. The van der Waals surface area contributed by atoms with Crippen molar-refractivity contribution >= 4 is 31.9 Å². The minimum atomic E-state index is 0.862. The number of alkyl halides is 2. The molecule has 0 aliphatic heterocycles. The highest BCUT2D eigenvalue weighted by atomic mass is 79.9. The van der Waals surface area contributed by atoms with E-state index in [-0.39, 0.29) is 0 Å². The van der Waals surface area contributed by atoms with Gasteiger partial charge in [0.1, 0.15) is 11.5 Å². The summed E-state index contributed by atoms with van der Waals surface area (Å²) in [4.78, 5) is 0. The van der Waals surface area contributed by atoms with Crippen LogP contribution in [0, 0.1) is 0 Å². The van der Waals surface area contributed by atoms with Crippen molar-refractivity contribution in [2.45, 2.75) is 10.7 Å². The topological polar surface area (TPSA) is 9.23 Å².